The number of aliphatic carboxylic acids is 1. The van der Waals surface area contributed by atoms with Crippen molar-refractivity contribution < 1.29 is 24.2 Å². The molecule has 6 heteroatoms. The maximum atomic E-state index is 12.3. The third-order valence-corrected chi connectivity index (χ3v) is 3.50. The zero-order valence-electron chi connectivity index (χ0n) is 12.7. The van der Waals surface area contributed by atoms with Gasteiger partial charge in [-0.3, -0.25) is 4.79 Å². The molecule has 6 nitrogen and oxygen atoms in total. The first kappa shape index (κ1) is 15.6. The maximum Gasteiger partial charge on any atom is 0.344 e. The van der Waals surface area contributed by atoms with E-state index in [4.69, 9.17) is 14.3 Å². The third kappa shape index (κ3) is 2.94. The van der Waals surface area contributed by atoms with Crippen LogP contribution in [0.15, 0.2) is 57.7 Å². The number of hydrogen-bond acceptors (Lipinski definition) is 5. The van der Waals surface area contributed by atoms with Crippen molar-refractivity contribution in [3.8, 4) is 22.8 Å². The van der Waals surface area contributed by atoms with Gasteiger partial charge in [-0.15, -0.1) is 0 Å². The molecule has 2 aromatic carbocycles. The Balaban J connectivity index is 2.14. The highest BCUT2D eigenvalue weighted by molar-refractivity contribution is 5.86. The molecule has 0 unspecified atom stereocenters. The minimum Gasteiger partial charge on any atom is -0.507 e. The molecular weight excluding hydrogens is 312 g/mol. The lowest BCUT2D eigenvalue weighted by atomic mass is 10.1. The number of hydrogen-bond donors (Lipinski definition) is 2. The number of fused-ring (bicyclic) bond motifs is 1. The van der Waals surface area contributed by atoms with Gasteiger partial charge in [0.1, 0.15) is 28.2 Å². The fraction of sp³-hybridized carbons (Fsp3) is 0.111. The number of phenols is 1. The maximum absolute atomic E-state index is 12.3. The number of carbonyl (C=O) groups is 1. The molecule has 0 spiro atoms. The molecule has 3 rings (SSSR count). The number of aromatic hydroxyl groups is 1. The Kier molecular flexibility index (Phi) is 3.95. The van der Waals surface area contributed by atoms with E-state index in [-0.39, 0.29) is 22.5 Å². The summed E-state index contributed by atoms with van der Waals surface area (Å²) in [5.74, 6) is -1.03. The summed E-state index contributed by atoms with van der Waals surface area (Å²) < 4.78 is 10.9. The van der Waals surface area contributed by atoms with Crippen LogP contribution in [0, 0.1) is 0 Å². The Morgan fingerprint density at radius 3 is 2.54 bits per heavy atom. The van der Waals surface area contributed by atoms with Crippen molar-refractivity contribution in [1.29, 1.82) is 0 Å². The van der Waals surface area contributed by atoms with Crippen LogP contribution in [0.1, 0.15) is 6.92 Å². The topological polar surface area (TPSA) is 97.0 Å². The third-order valence-electron chi connectivity index (χ3n) is 3.50. The molecule has 0 amide bonds. The molecule has 0 fully saturated rings. The molecule has 0 saturated heterocycles. The van der Waals surface area contributed by atoms with Crippen LogP contribution in [0.25, 0.3) is 22.3 Å². The van der Waals surface area contributed by atoms with Crippen LogP contribution in [0.5, 0.6) is 11.5 Å². The van der Waals surface area contributed by atoms with Gasteiger partial charge in [-0.1, -0.05) is 30.3 Å². The first-order valence-electron chi connectivity index (χ1n) is 7.21. The Morgan fingerprint density at radius 2 is 1.88 bits per heavy atom. The van der Waals surface area contributed by atoms with Crippen molar-refractivity contribution in [2.24, 2.45) is 0 Å². The van der Waals surface area contributed by atoms with E-state index in [0.29, 0.717) is 11.3 Å². The number of benzene rings is 2. The first-order valence-corrected chi connectivity index (χ1v) is 7.21. The SMILES string of the molecule is C[C@H](Oc1cc(O)c2c(=O)cc(-c3ccccc3)oc2c1)C(=O)O. The van der Waals surface area contributed by atoms with Crippen LogP contribution in [0.2, 0.25) is 0 Å². The molecule has 1 heterocycles. The molecule has 122 valence electrons. The molecule has 24 heavy (non-hydrogen) atoms. The van der Waals surface area contributed by atoms with Crippen LogP contribution in [-0.4, -0.2) is 22.3 Å². The molecule has 0 bridgehead atoms. The Morgan fingerprint density at radius 1 is 1.17 bits per heavy atom. The predicted octanol–water partition coefficient (Wildman–Crippen LogP) is 3.02. The Labute approximate surface area is 136 Å². The molecule has 0 aliphatic carbocycles. The molecule has 1 aromatic heterocycles. The average Bonchev–Trinajstić information content (AvgIpc) is 2.54. The molecule has 1 atom stereocenters. The van der Waals surface area contributed by atoms with E-state index in [1.165, 1.54) is 25.1 Å². The number of carboxylic acids is 1. The summed E-state index contributed by atoms with van der Waals surface area (Å²) in [6.45, 7) is 1.36. The summed E-state index contributed by atoms with van der Waals surface area (Å²) in [4.78, 5) is 23.2. The Hall–Kier alpha value is -3.28. The highest BCUT2D eigenvalue weighted by Gasteiger charge is 2.16. The highest BCUT2D eigenvalue weighted by atomic mass is 16.5. The van der Waals surface area contributed by atoms with Crippen LogP contribution >= 0.6 is 0 Å². The lowest BCUT2D eigenvalue weighted by Gasteiger charge is -2.12. The average molecular weight is 326 g/mol. The summed E-state index contributed by atoms with van der Waals surface area (Å²) in [5.41, 5.74) is 0.431. The Bertz CT molecular complexity index is 958. The minimum absolute atomic E-state index is 0.0185. The van der Waals surface area contributed by atoms with Crippen molar-refractivity contribution in [2.45, 2.75) is 13.0 Å². The second-order valence-electron chi connectivity index (χ2n) is 5.25. The lowest BCUT2D eigenvalue weighted by Crippen LogP contribution is -2.22. The number of phenolic OH excluding ortho intramolecular Hbond substituents is 1. The predicted molar refractivity (Wildman–Crippen MR) is 87.3 cm³/mol. The summed E-state index contributed by atoms with van der Waals surface area (Å²) >= 11 is 0. The lowest BCUT2D eigenvalue weighted by molar-refractivity contribution is -0.144. The van der Waals surface area contributed by atoms with Gasteiger partial charge >= 0.3 is 5.97 Å². The summed E-state index contributed by atoms with van der Waals surface area (Å²) in [7, 11) is 0. The van der Waals surface area contributed by atoms with Gasteiger partial charge in [-0.25, -0.2) is 4.79 Å². The normalized spacial score (nSPS) is 12.0. The van der Waals surface area contributed by atoms with Gasteiger partial charge in [0.2, 0.25) is 0 Å². The smallest absolute Gasteiger partial charge is 0.344 e. The van der Waals surface area contributed by atoms with Crippen molar-refractivity contribution in [3.63, 3.8) is 0 Å². The zero-order valence-corrected chi connectivity index (χ0v) is 12.7. The second-order valence-corrected chi connectivity index (χ2v) is 5.25. The van der Waals surface area contributed by atoms with E-state index in [1.807, 2.05) is 18.2 Å². The van der Waals surface area contributed by atoms with Gasteiger partial charge in [-0.05, 0) is 6.92 Å². The summed E-state index contributed by atoms with van der Waals surface area (Å²) in [6.07, 6.45) is -1.11. The van der Waals surface area contributed by atoms with Crippen LogP contribution < -0.4 is 10.2 Å². The van der Waals surface area contributed by atoms with Gasteiger partial charge in [0.15, 0.2) is 11.5 Å². The number of ether oxygens (including phenoxy) is 1. The van der Waals surface area contributed by atoms with Crippen LogP contribution in [-0.2, 0) is 4.79 Å². The van der Waals surface area contributed by atoms with Crippen LogP contribution in [0.3, 0.4) is 0 Å². The van der Waals surface area contributed by atoms with Gasteiger partial charge in [-0.2, -0.15) is 0 Å². The van der Waals surface area contributed by atoms with Crippen molar-refractivity contribution >= 4 is 16.9 Å². The molecule has 0 aliphatic heterocycles. The zero-order chi connectivity index (χ0) is 17.3. The summed E-state index contributed by atoms with van der Waals surface area (Å²) in [6, 6.07) is 12.9. The van der Waals surface area contributed by atoms with E-state index in [2.05, 4.69) is 0 Å². The van der Waals surface area contributed by atoms with Crippen LogP contribution in [0.4, 0.5) is 0 Å². The molecule has 3 aromatic rings. The van der Waals surface area contributed by atoms with Gasteiger partial charge in [0, 0.05) is 23.8 Å². The monoisotopic (exact) mass is 326 g/mol. The fourth-order valence-corrected chi connectivity index (χ4v) is 2.31. The standard InChI is InChI=1S/C18H14O6/c1-10(18(21)22)23-12-7-13(19)17-14(20)9-15(24-16(17)8-12)11-5-3-2-4-6-11/h2-10,19H,1H3,(H,21,22)/t10-/m0/s1. The van der Waals surface area contributed by atoms with E-state index in [1.54, 1.807) is 12.1 Å². The van der Waals surface area contributed by atoms with E-state index >= 15 is 0 Å². The molecule has 0 saturated carbocycles. The van der Waals surface area contributed by atoms with E-state index < -0.39 is 17.5 Å². The highest BCUT2D eigenvalue weighted by Crippen LogP contribution is 2.31. The molecule has 0 aliphatic rings. The first-order chi connectivity index (χ1) is 11.5. The largest absolute Gasteiger partial charge is 0.507 e. The number of carboxylic acid groups (broad SMARTS) is 1. The van der Waals surface area contributed by atoms with Crippen molar-refractivity contribution in [3.05, 3.63) is 58.8 Å². The molecule has 2 N–H and O–H groups in total. The van der Waals surface area contributed by atoms with Crippen molar-refractivity contribution in [1.82, 2.24) is 0 Å². The second kappa shape index (κ2) is 6.08. The van der Waals surface area contributed by atoms with Gasteiger partial charge < -0.3 is 19.4 Å². The van der Waals surface area contributed by atoms with Gasteiger partial charge in [0.05, 0.1) is 0 Å². The molecule has 0 radical (unpaired) electrons. The minimum atomic E-state index is -1.14. The van der Waals surface area contributed by atoms with E-state index in [0.717, 1.165) is 0 Å². The van der Waals surface area contributed by atoms with Gasteiger partial charge in [0.25, 0.3) is 0 Å². The fourth-order valence-electron chi connectivity index (χ4n) is 2.31. The number of rotatable bonds is 4. The molecular formula is C18H14O6. The van der Waals surface area contributed by atoms with E-state index in [9.17, 15) is 14.7 Å². The van der Waals surface area contributed by atoms with Crippen molar-refractivity contribution in [2.75, 3.05) is 0 Å². The quantitative estimate of drug-likeness (QED) is 0.765. The summed E-state index contributed by atoms with van der Waals surface area (Å²) in [5, 5.41) is 19.0.